The number of fused-ring (bicyclic) bond motifs is 2. The molecule has 0 spiro atoms. The summed E-state index contributed by atoms with van der Waals surface area (Å²) < 4.78 is 30.8. The Morgan fingerprint density at radius 3 is 3.07 bits per heavy atom. The van der Waals surface area contributed by atoms with Gasteiger partial charge in [-0.25, -0.2) is 14.2 Å². The Labute approximate surface area is 159 Å². The maximum atomic E-state index is 13.3. The lowest BCUT2D eigenvalue weighted by molar-refractivity contribution is -0.152. The summed E-state index contributed by atoms with van der Waals surface area (Å²) in [6.07, 6.45) is 0.781. The van der Waals surface area contributed by atoms with Crippen LogP contribution in [0.25, 0.3) is 10.2 Å². The highest BCUT2D eigenvalue weighted by Crippen LogP contribution is 2.32. The molecular weight excluding hydrogens is 369 g/mol. The molecule has 0 bridgehead atoms. The van der Waals surface area contributed by atoms with Gasteiger partial charge in [-0.15, -0.1) is 11.3 Å². The zero-order valence-corrected chi connectivity index (χ0v) is 15.6. The van der Waals surface area contributed by atoms with Gasteiger partial charge in [0.05, 0.1) is 16.8 Å². The van der Waals surface area contributed by atoms with Crippen molar-refractivity contribution in [2.75, 3.05) is 6.61 Å². The van der Waals surface area contributed by atoms with Crippen LogP contribution in [0.15, 0.2) is 36.4 Å². The fraction of sp³-hybridized carbons (Fsp3) is 0.300. The summed E-state index contributed by atoms with van der Waals surface area (Å²) in [5.74, 6) is 0.631. The quantitative estimate of drug-likeness (QED) is 0.612. The number of benzene rings is 2. The molecule has 0 aliphatic carbocycles. The third kappa shape index (κ3) is 3.88. The number of aromatic nitrogens is 1. The number of hydrogen-bond donors (Lipinski definition) is 0. The zero-order valence-electron chi connectivity index (χ0n) is 14.7. The van der Waals surface area contributed by atoms with E-state index in [0.717, 1.165) is 21.7 Å². The number of nitrogens with zero attached hydrogens (tertiary/aromatic N) is 1. The van der Waals surface area contributed by atoms with Crippen LogP contribution in [0.2, 0.25) is 0 Å². The maximum Gasteiger partial charge on any atom is 0.347 e. The van der Waals surface area contributed by atoms with Crippen LogP contribution in [0, 0.1) is 5.82 Å². The monoisotopic (exact) mass is 387 g/mol. The molecule has 0 N–H and O–H groups in total. The molecule has 1 aliphatic rings. The van der Waals surface area contributed by atoms with Gasteiger partial charge in [-0.1, -0.05) is 6.07 Å². The Morgan fingerprint density at radius 2 is 2.22 bits per heavy atom. The number of halogens is 1. The van der Waals surface area contributed by atoms with Gasteiger partial charge in [0.1, 0.15) is 28.9 Å². The highest BCUT2D eigenvalue weighted by molar-refractivity contribution is 7.18. The summed E-state index contributed by atoms with van der Waals surface area (Å²) in [5, 5.41) is 0.763. The summed E-state index contributed by atoms with van der Waals surface area (Å²) in [6.45, 7) is 2.39. The van der Waals surface area contributed by atoms with E-state index in [4.69, 9.17) is 14.2 Å². The number of rotatable bonds is 5. The van der Waals surface area contributed by atoms with Gasteiger partial charge in [-0.05, 0) is 43.5 Å². The molecule has 0 saturated heterocycles. The van der Waals surface area contributed by atoms with Crippen molar-refractivity contribution >= 4 is 27.5 Å². The number of esters is 1. The Balaban J connectivity index is 1.45. The third-order valence-corrected chi connectivity index (χ3v) is 5.30. The van der Waals surface area contributed by atoms with Crippen LogP contribution in [0.4, 0.5) is 4.39 Å². The van der Waals surface area contributed by atoms with Gasteiger partial charge in [0.15, 0.2) is 6.10 Å². The molecule has 3 aromatic rings. The fourth-order valence-corrected chi connectivity index (χ4v) is 3.86. The molecule has 4 rings (SSSR count). The van der Waals surface area contributed by atoms with Gasteiger partial charge in [0.25, 0.3) is 0 Å². The van der Waals surface area contributed by atoms with Gasteiger partial charge in [-0.3, -0.25) is 0 Å². The molecule has 0 amide bonds. The molecule has 0 radical (unpaired) electrons. The second-order valence-corrected chi connectivity index (χ2v) is 7.29. The normalized spacial score (nSPS) is 15.9. The molecule has 1 aliphatic heterocycles. The first-order valence-electron chi connectivity index (χ1n) is 8.76. The van der Waals surface area contributed by atoms with Gasteiger partial charge in [0.2, 0.25) is 0 Å². The number of ether oxygens (including phenoxy) is 3. The molecule has 7 heteroatoms. The second kappa shape index (κ2) is 7.52. The van der Waals surface area contributed by atoms with Crippen LogP contribution in [-0.2, 0) is 22.6 Å². The highest BCUT2D eigenvalue weighted by Gasteiger charge is 2.27. The topological polar surface area (TPSA) is 57.7 Å². The molecule has 5 nitrogen and oxygen atoms in total. The molecule has 2 heterocycles. The van der Waals surface area contributed by atoms with E-state index in [1.54, 1.807) is 19.1 Å². The average molecular weight is 387 g/mol. The minimum absolute atomic E-state index is 0.279. The SMILES string of the molecule is CCOC(=O)C1CCc2ccc(OCc3nc4cc(F)ccc4s3)cc2O1. The summed E-state index contributed by atoms with van der Waals surface area (Å²) in [6, 6.07) is 10.2. The molecular formula is C20H18FNO4S. The molecule has 1 unspecified atom stereocenters. The second-order valence-electron chi connectivity index (χ2n) is 6.18. The average Bonchev–Trinajstić information content (AvgIpc) is 3.08. The Bertz CT molecular complexity index is 987. The van der Waals surface area contributed by atoms with Crippen molar-refractivity contribution in [1.82, 2.24) is 4.98 Å². The van der Waals surface area contributed by atoms with Gasteiger partial charge >= 0.3 is 5.97 Å². The smallest absolute Gasteiger partial charge is 0.347 e. The fourth-order valence-electron chi connectivity index (χ4n) is 3.00. The standard InChI is InChI=1S/C20H18FNO4S/c1-2-24-20(23)16-7-4-12-3-6-14(10-17(12)26-16)25-11-19-22-15-9-13(21)5-8-18(15)27-19/h3,5-6,8-10,16H,2,4,7,11H2,1H3. The molecule has 140 valence electrons. The minimum Gasteiger partial charge on any atom is -0.486 e. The van der Waals surface area contributed by atoms with Crippen LogP contribution >= 0.6 is 11.3 Å². The molecule has 1 atom stereocenters. The van der Waals surface area contributed by atoms with E-state index in [9.17, 15) is 9.18 Å². The Kier molecular flexibility index (Phi) is 4.94. The third-order valence-electron chi connectivity index (χ3n) is 4.29. The number of aryl methyl sites for hydroxylation is 1. The van der Waals surface area contributed by atoms with Gasteiger partial charge in [0, 0.05) is 12.1 Å². The number of hydrogen-bond acceptors (Lipinski definition) is 6. The molecule has 27 heavy (non-hydrogen) atoms. The molecule has 0 saturated carbocycles. The minimum atomic E-state index is -0.577. The van der Waals surface area contributed by atoms with Crippen molar-refractivity contribution in [3.63, 3.8) is 0 Å². The molecule has 0 fully saturated rings. The van der Waals surface area contributed by atoms with Crippen molar-refractivity contribution in [2.45, 2.75) is 32.5 Å². The predicted octanol–water partition coefficient (Wildman–Crippen LogP) is 4.27. The summed E-state index contributed by atoms with van der Waals surface area (Å²) >= 11 is 1.47. The van der Waals surface area contributed by atoms with Crippen LogP contribution in [-0.4, -0.2) is 23.7 Å². The molecule has 2 aromatic carbocycles. The van der Waals surface area contributed by atoms with Crippen molar-refractivity contribution in [3.05, 3.63) is 52.8 Å². The molecule has 1 aromatic heterocycles. The Hall–Kier alpha value is -2.67. The first kappa shape index (κ1) is 17.7. The predicted molar refractivity (Wildman–Crippen MR) is 99.7 cm³/mol. The number of carbonyl (C=O) groups excluding carboxylic acids is 1. The zero-order chi connectivity index (χ0) is 18.8. The van der Waals surface area contributed by atoms with Crippen molar-refractivity contribution in [2.24, 2.45) is 0 Å². The van der Waals surface area contributed by atoms with Gasteiger partial charge < -0.3 is 14.2 Å². The van der Waals surface area contributed by atoms with Gasteiger partial charge in [-0.2, -0.15) is 0 Å². The first-order valence-corrected chi connectivity index (χ1v) is 9.58. The summed E-state index contributed by atoms with van der Waals surface area (Å²) in [5.41, 5.74) is 1.67. The van der Waals surface area contributed by atoms with E-state index in [-0.39, 0.29) is 18.4 Å². The lowest BCUT2D eigenvalue weighted by atomic mass is 10.0. The first-order chi connectivity index (χ1) is 13.1. The number of carbonyl (C=O) groups is 1. The van der Waals surface area contributed by atoms with Crippen molar-refractivity contribution < 1.29 is 23.4 Å². The van der Waals surface area contributed by atoms with E-state index in [0.29, 0.717) is 30.0 Å². The van der Waals surface area contributed by atoms with Crippen LogP contribution in [0.5, 0.6) is 11.5 Å². The van der Waals surface area contributed by atoms with Crippen molar-refractivity contribution in [1.29, 1.82) is 0 Å². The van der Waals surface area contributed by atoms with E-state index in [2.05, 4.69) is 4.98 Å². The lowest BCUT2D eigenvalue weighted by Gasteiger charge is -2.24. The summed E-state index contributed by atoms with van der Waals surface area (Å²) in [7, 11) is 0. The highest BCUT2D eigenvalue weighted by atomic mass is 32.1. The van der Waals surface area contributed by atoms with E-state index < -0.39 is 6.10 Å². The van der Waals surface area contributed by atoms with E-state index in [1.807, 2.05) is 12.1 Å². The summed E-state index contributed by atoms with van der Waals surface area (Å²) in [4.78, 5) is 16.3. The Morgan fingerprint density at radius 1 is 1.33 bits per heavy atom. The largest absolute Gasteiger partial charge is 0.486 e. The van der Waals surface area contributed by atoms with E-state index >= 15 is 0 Å². The van der Waals surface area contributed by atoms with E-state index in [1.165, 1.54) is 23.5 Å². The van der Waals surface area contributed by atoms with Crippen molar-refractivity contribution in [3.8, 4) is 11.5 Å². The lowest BCUT2D eigenvalue weighted by Crippen LogP contribution is -2.32. The van der Waals surface area contributed by atoms with Crippen LogP contribution < -0.4 is 9.47 Å². The number of thiazole rings is 1. The van der Waals surface area contributed by atoms with Crippen LogP contribution in [0.1, 0.15) is 23.9 Å². The van der Waals surface area contributed by atoms with Crippen LogP contribution in [0.3, 0.4) is 0 Å². The maximum absolute atomic E-state index is 13.3.